The number of nitrogens with zero attached hydrogens (tertiary/aromatic N) is 1. The van der Waals surface area contributed by atoms with Gasteiger partial charge in [-0.3, -0.25) is 0 Å². The molecule has 1 N–H and O–H groups in total. The number of halogens is 2. The van der Waals surface area contributed by atoms with Crippen molar-refractivity contribution in [1.82, 2.24) is 0 Å². The molecule has 0 aliphatic rings. The summed E-state index contributed by atoms with van der Waals surface area (Å²) in [4.78, 5) is 4.84. The molecule has 146 valence electrons. The van der Waals surface area contributed by atoms with Crippen LogP contribution in [0.25, 0.3) is 0 Å². The van der Waals surface area contributed by atoms with Crippen molar-refractivity contribution in [3.05, 3.63) is 95.6 Å². The van der Waals surface area contributed by atoms with Gasteiger partial charge in [0.25, 0.3) is 0 Å². The van der Waals surface area contributed by atoms with Crippen LogP contribution in [-0.2, 0) is 27.1 Å². The number of phenolic OH excluding ortho intramolecular Hbond substituents is 1. The number of para-hydroxylation sites is 2. The predicted molar refractivity (Wildman–Crippen MR) is 119 cm³/mol. The maximum absolute atomic E-state index is 11.0. The molecule has 0 aliphatic carbocycles. The molecular formula is C23H25Cl2NOTi. The van der Waals surface area contributed by atoms with Crippen LogP contribution in [0.2, 0.25) is 0 Å². The number of rotatable bonds is 3. The minimum Gasteiger partial charge on any atom is -0.507 e. The van der Waals surface area contributed by atoms with Crippen molar-refractivity contribution >= 4 is 36.2 Å². The van der Waals surface area contributed by atoms with E-state index in [1.54, 1.807) is 0 Å². The van der Waals surface area contributed by atoms with E-state index in [9.17, 15) is 5.11 Å². The van der Waals surface area contributed by atoms with Crippen molar-refractivity contribution in [3.8, 4) is 5.75 Å². The molecule has 5 heteroatoms. The van der Waals surface area contributed by atoms with E-state index < -0.39 is 0 Å². The van der Waals surface area contributed by atoms with Gasteiger partial charge in [-0.25, -0.2) is 4.99 Å². The first-order valence-corrected chi connectivity index (χ1v) is 8.49. The minimum atomic E-state index is -0.144. The van der Waals surface area contributed by atoms with Crippen LogP contribution < -0.4 is 0 Å². The fourth-order valence-electron chi connectivity index (χ4n) is 2.85. The Hall–Kier alpha value is -1.58. The van der Waals surface area contributed by atoms with E-state index in [2.05, 4.69) is 20.8 Å². The van der Waals surface area contributed by atoms with Crippen LogP contribution in [0.4, 0.5) is 5.69 Å². The molecule has 2 nitrogen and oxygen atoms in total. The fraction of sp³-hybridized carbons (Fsp3) is 0.174. The fourth-order valence-corrected chi connectivity index (χ4v) is 2.85. The van der Waals surface area contributed by atoms with Crippen LogP contribution in [0, 0.1) is 0 Å². The third-order valence-corrected chi connectivity index (χ3v) is 4.14. The summed E-state index contributed by atoms with van der Waals surface area (Å²) in [6.45, 7) is 6.30. The molecule has 0 saturated heterocycles. The zero-order valence-electron chi connectivity index (χ0n) is 16.2. The SMILES string of the molecule is CC(C)(C)c1cccc(C(=Nc2ccccc2)c2ccccc2)c1O.Cl.Cl.[Ti]. The third-order valence-electron chi connectivity index (χ3n) is 4.14. The zero-order valence-corrected chi connectivity index (χ0v) is 19.4. The topological polar surface area (TPSA) is 32.6 Å². The Kier molecular flexibility index (Phi) is 10.8. The number of hydrogen-bond acceptors (Lipinski definition) is 2. The second kappa shape index (κ2) is 11.4. The smallest absolute Gasteiger partial charge is 0.128 e. The average molecular weight is 450 g/mol. The van der Waals surface area contributed by atoms with E-state index in [-0.39, 0.29) is 51.9 Å². The van der Waals surface area contributed by atoms with Crippen molar-refractivity contribution in [3.63, 3.8) is 0 Å². The van der Waals surface area contributed by atoms with Crippen molar-refractivity contribution in [2.75, 3.05) is 0 Å². The van der Waals surface area contributed by atoms with Gasteiger partial charge in [0, 0.05) is 32.8 Å². The molecule has 0 aromatic heterocycles. The molecule has 0 spiro atoms. The third kappa shape index (κ3) is 6.22. The minimum absolute atomic E-state index is 0. The van der Waals surface area contributed by atoms with E-state index in [1.165, 1.54) is 0 Å². The van der Waals surface area contributed by atoms with E-state index >= 15 is 0 Å². The van der Waals surface area contributed by atoms with Crippen LogP contribution in [0.1, 0.15) is 37.5 Å². The molecule has 3 rings (SSSR count). The molecule has 0 heterocycles. The average Bonchev–Trinajstić information content (AvgIpc) is 2.61. The molecule has 0 radical (unpaired) electrons. The molecular weight excluding hydrogens is 425 g/mol. The molecule has 0 fully saturated rings. The van der Waals surface area contributed by atoms with Gasteiger partial charge < -0.3 is 5.11 Å². The molecule has 0 bridgehead atoms. The Labute approximate surface area is 194 Å². The van der Waals surface area contributed by atoms with Crippen LogP contribution >= 0.6 is 24.8 Å². The van der Waals surface area contributed by atoms with Crippen LogP contribution in [0.5, 0.6) is 5.75 Å². The number of hydrogen-bond donors (Lipinski definition) is 1. The first-order chi connectivity index (χ1) is 12.0. The molecule has 0 unspecified atom stereocenters. The summed E-state index contributed by atoms with van der Waals surface area (Å²) in [5.41, 5.74) is 4.14. The quantitative estimate of drug-likeness (QED) is 0.350. The Balaban J connectivity index is 0.00000243. The Morgan fingerprint density at radius 3 is 1.82 bits per heavy atom. The predicted octanol–water partition coefficient (Wildman–Crippen LogP) is 6.70. The summed E-state index contributed by atoms with van der Waals surface area (Å²) in [5.74, 6) is 0.300. The van der Waals surface area contributed by atoms with Gasteiger partial charge >= 0.3 is 0 Å². The normalized spacial score (nSPS) is 10.9. The number of aliphatic imine (C=N–C) groups is 1. The van der Waals surface area contributed by atoms with Crippen molar-refractivity contribution in [2.24, 2.45) is 4.99 Å². The van der Waals surface area contributed by atoms with Crippen molar-refractivity contribution < 1.29 is 26.8 Å². The standard InChI is InChI=1S/C23H23NO.2ClH.Ti/c1-23(2,3)20-16-10-15-19(22(20)25)21(17-11-6-4-7-12-17)24-18-13-8-5-9-14-18;;;/h4-16,25H,1-3H3;2*1H;. The maximum atomic E-state index is 11.0. The van der Waals surface area contributed by atoms with Gasteiger partial charge in [-0.2, -0.15) is 0 Å². The summed E-state index contributed by atoms with van der Waals surface area (Å²) in [5, 5.41) is 11.0. The molecule has 3 aromatic carbocycles. The Morgan fingerprint density at radius 1 is 0.750 bits per heavy atom. The molecule has 0 aliphatic heterocycles. The number of phenols is 1. The van der Waals surface area contributed by atoms with Crippen molar-refractivity contribution in [1.29, 1.82) is 0 Å². The number of benzene rings is 3. The van der Waals surface area contributed by atoms with Gasteiger partial charge in [0.05, 0.1) is 11.4 Å². The molecule has 3 aromatic rings. The monoisotopic (exact) mass is 449 g/mol. The van der Waals surface area contributed by atoms with Gasteiger partial charge in [-0.1, -0.05) is 81.4 Å². The molecule has 28 heavy (non-hydrogen) atoms. The van der Waals surface area contributed by atoms with Crippen molar-refractivity contribution in [2.45, 2.75) is 26.2 Å². The summed E-state index contributed by atoms with van der Waals surface area (Å²) < 4.78 is 0. The largest absolute Gasteiger partial charge is 0.507 e. The zero-order chi connectivity index (χ0) is 17.9. The van der Waals surface area contributed by atoms with Gasteiger partial charge in [-0.05, 0) is 29.2 Å². The Bertz CT molecular complexity index is 891. The van der Waals surface area contributed by atoms with E-state index in [1.807, 2.05) is 78.9 Å². The summed E-state index contributed by atoms with van der Waals surface area (Å²) in [6, 6.07) is 25.7. The number of aromatic hydroxyl groups is 1. The summed E-state index contributed by atoms with van der Waals surface area (Å²) >= 11 is 0. The van der Waals surface area contributed by atoms with Gasteiger partial charge in [-0.15, -0.1) is 24.8 Å². The van der Waals surface area contributed by atoms with E-state index in [0.29, 0.717) is 5.75 Å². The van der Waals surface area contributed by atoms with Gasteiger partial charge in [0.2, 0.25) is 0 Å². The second-order valence-electron chi connectivity index (χ2n) is 7.11. The first-order valence-electron chi connectivity index (χ1n) is 8.49. The summed E-state index contributed by atoms with van der Waals surface area (Å²) in [7, 11) is 0. The summed E-state index contributed by atoms with van der Waals surface area (Å²) in [6.07, 6.45) is 0. The van der Waals surface area contributed by atoms with Gasteiger partial charge in [0.15, 0.2) is 0 Å². The van der Waals surface area contributed by atoms with E-state index in [0.717, 1.165) is 28.1 Å². The molecule has 0 atom stereocenters. The molecule has 0 saturated carbocycles. The van der Waals surface area contributed by atoms with Gasteiger partial charge in [0.1, 0.15) is 5.75 Å². The van der Waals surface area contributed by atoms with E-state index in [4.69, 9.17) is 4.99 Å². The maximum Gasteiger partial charge on any atom is 0.128 e. The Morgan fingerprint density at radius 2 is 1.29 bits per heavy atom. The second-order valence-corrected chi connectivity index (χ2v) is 7.11. The van der Waals surface area contributed by atoms with Crippen LogP contribution in [-0.4, -0.2) is 10.8 Å². The van der Waals surface area contributed by atoms with Crippen LogP contribution in [0.3, 0.4) is 0 Å². The van der Waals surface area contributed by atoms with Crippen LogP contribution in [0.15, 0.2) is 83.9 Å². The molecule has 0 amide bonds. The first kappa shape index (κ1) is 26.4.